The molecule has 1 aliphatic rings. The number of hydrazine groups is 1. The van der Waals surface area contributed by atoms with E-state index in [1.165, 1.54) is 0 Å². The molecule has 0 radical (unpaired) electrons. The Morgan fingerprint density at radius 2 is 1.93 bits per heavy atom. The minimum atomic E-state index is -2.67. The highest BCUT2D eigenvalue weighted by molar-refractivity contribution is 7.98. The van der Waals surface area contributed by atoms with Gasteiger partial charge in [-0.25, -0.2) is 18.8 Å². The lowest BCUT2D eigenvalue weighted by Crippen LogP contribution is -2.43. The third kappa shape index (κ3) is 4.63. The van der Waals surface area contributed by atoms with Gasteiger partial charge in [-0.2, -0.15) is 0 Å². The quantitative estimate of drug-likeness (QED) is 0.567. The van der Waals surface area contributed by atoms with Crippen LogP contribution in [0.5, 0.6) is 0 Å². The van der Waals surface area contributed by atoms with Crippen LogP contribution in [0.2, 0.25) is 0 Å². The fourth-order valence-corrected chi connectivity index (χ4v) is 4.12. The highest BCUT2D eigenvalue weighted by Gasteiger charge is 2.32. The third-order valence-corrected chi connectivity index (χ3v) is 6.01. The van der Waals surface area contributed by atoms with Gasteiger partial charge in [0.1, 0.15) is 0 Å². The molecule has 1 amide bonds. The molecule has 0 aliphatic carbocycles. The highest BCUT2D eigenvalue weighted by Crippen LogP contribution is 2.30. The van der Waals surface area contributed by atoms with Gasteiger partial charge in [-0.05, 0) is 36.9 Å². The van der Waals surface area contributed by atoms with Gasteiger partial charge in [-0.3, -0.25) is 10.2 Å². The van der Waals surface area contributed by atoms with Gasteiger partial charge in [0, 0.05) is 41.8 Å². The number of benzene rings is 2. The average Bonchev–Trinajstić information content (AvgIpc) is 2.93. The second-order valence-electron chi connectivity index (χ2n) is 7.45. The molecule has 1 aromatic heterocycles. The first kappa shape index (κ1) is 20.8. The van der Waals surface area contributed by atoms with Gasteiger partial charge in [-0.15, -0.1) is 11.8 Å². The first-order chi connectivity index (χ1) is 14.4. The van der Waals surface area contributed by atoms with Crippen LogP contribution >= 0.6 is 11.8 Å². The molecule has 2 aromatic carbocycles. The van der Waals surface area contributed by atoms with Crippen molar-refractivity contribution < 1.29 is 13.6 Å². The molecule has 1 N–H and O–H groups in total. The van der Waals surface area contributed by atoms with Crippen LogP contribution in [0.15, 0.2) is 59.5 Å². The van der Waals surface area contributed by atoms with Crippen molar-refractivity contribution >= 4 is 28.6 Å². The predicted molar refractivity (Wildman–Crippen MR) is 117 cm³/mol. The van der Waals surface area contributed by atoms with E-state index in [4.69, 9.17) is 4.98 Å². The van der Waals surface area contributed by atoms with Crippen LogP contribution in [-0.2, 0) is 0 Å². The molecule has 1 aliphatic heterocycles. The number of amides is 1. The zero-order chi connectivity index (χ0) is 21.1. The van der Waals surface area contributed by atoms with Crippen molar-refractivity contribution in [2.45, 2.75) is 30.1 Å². The molecular formula is C23H23F2N3OS. The first-order valence-electron chi connectivity index (χ1n) is 9.93. The Labute approximate surface area is 178 Å². The Kier molecular flexibility index (Phi) is 6.01. The summed E-state index contributed by atoms with van der Waals surface area (Å²) >= 11 is 1.62. The Morgan fingerprint density at radius 3 is 2.77 bits per heavy atom. The molecule has 7 heteroatoms. The number of hydrogen-bond acceptors (Lipinski definition) is 4. The minimum Gasteiger partial charge on any atom is -0.285 e. The largest absolute Gasteiger partial charge is 0.285 e. The maximum absolute atomic E-state index is 13.7. The number of hydrogen-bond donors (Lipinski definition) is 1. The second kappa shape index (κ2) is 8.70. The van der Waals surface area contributed by atoms with E-state index in [9.17, 15) is 13.6 Å². The second-order valence-corrected chi connectivity index (χ2v) is 8.33. The van der Waals surface area contributed by atoms with Crippen molar-refractivity contribution in [2.24, 2.45) is 0 Å². The van der Waals surface area contributed by atoms with E-state index in [1.54, 1.807) is 16.8 Å². The molecule has 30 heavy (non-hydrogen) atoms. The van der Waals surface area contributed by atoms with Gasteiger partial charge < -0.3 is 0 Å². The number of carbonyl (C=O) groups excluding carboxylic acids is 1. The maximum Gasteiger partial charge on any atom is 0.267 e. The molecule has 0 bridgehead atoms. The van der Waals surface area contributed by atoms with Crippen LogP contribution in [0.4, 0.5) is 8.78 Å². The SMILES string of the molecule is CSc1cccc(-c2nc3ccccc3cc2C(=O)NN2CCCC(F)(F)CC2)c1. The molecule has 4 rings (SSSR count). The fraction of sp³-hybridized carbons (Fsp3) is 0.304. The number of nitrogens with one attached hydrogen (secondary N) is 1. The summed E-state index contributed by atoms with van der Waals surface area (Å²) in [5.41, 5.74) is 5.50. The standard InChI is InChI=1S/C23H23F2N3OS/c1-30-18-8-4-7-17(14-18)21-19(15-16-6-2-3-9-20(16)26-21)22(29)27-28-12-5-10-23(24,25)11-13-28/h2-4,6-9,14-15H,5,10-13H2,1H3,(H,27,29). The van der Waals surface area contributed by atoms with Crippen LogP contribution < -0.4 is 5.43 Å². The Balaban J connectivity index is 1.70. The monoisotopic (exact) mass is 427 g/mol. The number of aromatic nitrogens is 1. The van der Waals surface area contributed by atoms with E-state index >= 15 is 0 Å². The topological polar surface area (TPSA) is 45.2 Å². The van der Waals surface area contributed by atoms with Gasteiger partial charge in [0.15, 0.2) is 0 Å². The molecule has 2 heterocycles. The molecule has 0 spiro atoms. The molecule has 0 saturated carbocycles. The Hall–Kier alpha value is -2.51. The summed E-state index contributed by atoms with van der Waals surface area (Å²) in [6.45, 7) is 0.524. The number of nitrogens with zero attached hydrogens (tertiary/aromatic N) is 2. The number of rotatable bonds is 4. The van der Waals surface area contributed by atoms with E-state index in [1.807, 2.05) is 60.9 Å². The summed E-state index contributed by atoms with van der Waals surface area (Å²) in [6, 6.07) is 17.3. The number of fused-ring (bicyclic) bond motifs is 1. The van der Waals surface area contributed by atoms with Crippen LogP contribution in [0.25, 0.3) is 22.2 Å². The maximum atomic E-state index is 13.7. The molecular weight excluding hydrogens is 404 g/mol. The van der Waals surface area contributed by atoms with Gasteiger partial charge in [0.05, 0.1) is 16.8 Å². The summed E-state index contributed by atoms with van der Waals surface area (Å²) in [4.78, 5) is 19.0. The minimum absolute atomic E-state index is 0.122. The smallest absolute Gasteiger partial charge is 0.267 e. The molecule has 0 unspecified atom stereocenters. The number of alkyl halides is 2. The summed E-state index contributed by atoms with van der Waals surface area (Å²) in [7, 11) is 0. The van der Waals surface area contributed by atoms with E-state index in [2.05, 4.69) is 5.43 Å². The number of para-hydroxylation sites is 1. The lowest BCUT2D eigenvalue weighted by atomic mass is 10.0. The number of thioether (sulfide) groups is 1. The number of halogens is 2. The van der Waals surface area contributed by atoms with Crippen molar-refractivity contribution in [3.63, 3.8) is 0 Å². The molecule has 1 fully saturated rings. The molecule has 4 nitrogen and oxygen atoms in total. The zero-order valence-electron chi connectivity index (χ0n) is 16.7. The highest BCUT2D eigenvalue weighted by atomic mass is 32.2. The lowest BCUT2D eigenvalue weighted by molar-refractivity contribution is -0.0142. The van der Waals surface area contributed by atoms with Crippen molar-refractivity contribution in [3.05, 3.63) is 60.2 Å². The number of pyridine rings is 1. The summed E-state index contributed by atoms with van der Waals surface area (Å²) in [5, 5.41) is 2.45. The molecule has 1 saturated heterocycles. The molecule has 3 aromatic rings. The first-order valence-corrected chi connectivity index (χ1v) is 11.2. The Bertz CT molecular complexity index is 1070. The van der Waals surface area contributed by atoms with Gasteiger partial charge in [-0.1, -0.05) is 30.3 Å². The van der Waals surface area contributed by atoms with Crippen molar-refractivity contribution in [1.82, 2.24) is 15.4 Å². The van der Waals surface area contributed by atoms with Crippen LogP contribution in [0.1, 0.15) is 29.6 Å². The van der Waals surface area contributed by atoms with Gasteiger partial charge >= 0.3 is 0 Å². The Morgan fingerprint density at radius 1 is 1.10 bits per heavy atom. The lowest BCUT2D eigenvalue weighted by Gasteiger charge is -2.22. The predicted octanol–water partition coefficient (Wildman–Crippen LogP) is 5.39. The van der Waals surface area contributed by atoms with Crippen LogP contribution in [0, 0.1) is 0 Å². The van der Waals surface area contributed by atoms with E-state index in [0.29, 0.717) is 24.2 Å². The van der Waals surface area contributed by atoms with E-state index < -0.39 is 5.92 Å². The summed E-state index contributed by atoms with van der Waals surface area (Å²) in [6.07, 6.45) is 1.93. The van der Waals surface area contributed by atoms with Gasteiger partial charge in [0.2, 0.25) is 5.92 Å². The van der Waals surface area contributed by atoms with Crippen LogP contribution in [0.3, 0.4) is 0 Å². The molecule has 0 atom stereocenters. The summed E-state index contributed by atoms with van der Waals surface area (Å²) < 4.78 is 27.4. The van der Waals surface area contributed by atoms with E-state index in [0.717, 1.165) is 21.4 Å². The zero-order valence-corrected chi connectivity index (χ0v) is 17.5. The third-order valence-electron chi connectivity index (χ3n) is 5.29. The van der Waals surface area contributed by atoms with Gasteiger partial charge in [0.25, 0.3) is 5.91 Å². The van der Waals surface area contributed by atoms with Crippen molar-refractivity contribution in [3.8, 4) is 11.3 Å². The summed E-state index contributed by atoms with van der Waals surface area (Å²) in [5.74, 6) is -3.00. The molecule has 156 valence electrons. The average molecular weight is 428 g/mol. The van der Waals surface area contributed by atoms with Crippen molar-refractivity contribution in [2.75, 3.05) is 19.3 Å². The van der Waals surface area contributed by atoms with Crippen molar-refractivity contribution in [1.29, 1.82) is 0 Å². The normalized spacial score (nSPS) is 16.9. The fourth-order valence-electron chi connectivity index (χ4n) is 3.66. The van der Waals surface area contributed by atoms with Crippen LogP contribution in [-0.4, -0.2) is 41.2 Å². The number of carbonyl (C=O) groups is 1. The van der Waals surface area contributed by atoms with E-state index in [-0.39, 0.29) is 25.3 Å².